The predicted molar refractivity (Wildman–Crippen MR) is 98.0 cm³/mol. The van der Waals surface area contributed by atoms with Gasteiger partial charge in [-0.2, -0.15) is 0 Å². The molecule has 0 saturated carbocycles. The molecular formula is C18H24N4O2S. The van der Waals surface area contributed by atoms with E-state index in [0.29, 0.717) is 12.3 Å². The zero-order valence-electron chi connectivity index (χ0n) is 14.4. The monoisotopic (exact) mass is 360 g/mol. The van der Waals surface area contributed by atoms with Crippen LogP contribution < -0.4 is 10.2 Å². The molecule has 25 heavy (non-hydrogen) atoms. The molecular weight excluding hydrogens is 336 g/mol. The Morgan fingerprint density at radius 2 is 1.92 bits per heavy atom. The van der Waals surface area contributed by atoms with Crippen LogP contribution in [0.15, 0.2) is 21.9 Å². The Bertz CT molecular complexity index is 714. The fourth-order valence-electron chi connectivity index (χ4n) is 3.44. The summed E-state index contributed by atoms with van der Waals surface area (Å²) in [6.07, 6.45) is 4.98. The molecule has 1 N–H and O–H groups in total. The summed E-state index contributed by atoms with van der Waals surface area (Å²) < 4.78 is 5.70. The Kier molecular flexibility index (Phi) is 5.03. The van der Waals surface area contributed by atoms with Gasteiger partial charge in [0.25, 0.3) is 5.91 Å². The highest BCUT2D eigenvalue weighted by Gasteiger charge is 2.18. The molecule has 0 spiro atoms. The number of amides is 1. The lowest BCUT2D eigenvalue weighted by Gasteiger charge is -2.12. The number of thiazole rings is 1. The van der Waals surface area contributed by atoms with Gasteiger partial charge in [0.1, 0.15) is 5.76 Å². The van der Waals surface area contributed by atoms with Gasteiger partial charge in [0.05, 0.1) is 18.8 Å². The van der Waals surface area contributed by atoms with Gasteiger partial charge in [0.15, 0.2) is 10.9 Å². The van der Waals surface area contributed by atoms with Gasteiger partial charge < -0.3 is 14.6 Å². The molecule has 0 aromatic carbocycles. The molecule has 7 heteroatoms. The zero-order valence-corrected chi connectivity index (χ0v) is 15.2. The first-order valence-electron chi connectivity index (χ1n) is 9.06. The number of hydrogen-bond donors (Lipinski definition) is 1. The van der Waals surface area contributed by atoms with Crippen LogP contribution in [0, 0.1) is 0 Å². The molecule has 4 rings (SSSR count). The number of furan rings is 1. The standard InChI is InChI=1S/C18H24N4O2S/c23-17(16-6-5-15(24-16)12-21-7-1-2-8-21)19-11-14-13-25-18(20-14)22-9-3-4-10-22/h5-6,13H,1-4,7-12H2,(H,19,23). The fraction of sp³-hybridized carbons (Fsp3) is 0.556. The molecule has 1 amide bonds. The third-order valence-corrected chi connectivity index (χ3v) is 5.76. The second-order valence-electron chi connectivity index (χ2n) is 6.75. The Labute approximate surface area is 151 Å². The van der Waals surface area contributed by atoms with Crippen LogP contribution in [-0.4, -0.2) is 42.0 Å². The molecule has 2 aromatic heterocycles. The second kappa shape index (κ2) is 7.58. The van der Waals surface area contributed by atoms with Crippen LogP contribution in [-0.2, 0) is 13.1 Å². The highest BCUT2D eigenvalue weighted by Crippen LogP contribution is 2.24. The van der Waals surface area contributed by atoms with Gasteiger partial charge in [-0.3, -0.25) is 9.69 Å². The van der Waals surface area contributed by atoms with Crippen LogP contribution >= 0.6 is 11.3 Å². The normalized spacial score (nSPS) is 18.2. The second-order valence-corrected chi connectivity index (χ2v) is 7.58. The van der Waals surface area contributed by atoms with Crippen molar-refractivity contribution in [3.63, 3.8) is 0 Å². The molecule has 2 fully saturated rings. The van der Waals surface area contributed by atoms with Crippen molar-refractivity contribution in [1.29, 1.82) is 0 Å². The molecule has 134 valence electrons. The SMILES string of the molecule is O=C(NCc1csc(N2CCCC2)n1)c1ccc(CN2CCCC2)o1. The quantitative estimate of drug-likeness (QED) is 0.858. The van der Waals surface area contributed by atoms with Crippen molar-refractivity contribution < 1.29 is 9.21 Å². The lowest BCUT2D eigenvalue weighted by Crippen LogP contribution is -2.23. The fourth-order valence-corrected chi connectivity index (χ4v) is 4.31. The minimum atomic E-state index is -0.177. The summed E-state index contributed by atoms with van der Waals surface area (Å²) >= 11 is 1.65. The van der Waals surface area contributed by atoms with Gasteiger partial charge in [0, 0.05) is 18.5 Å². The van der Waals surface area contributed by atoms with E-state index in [4.69, 9.17) is 4.42 Å². The van der Waals surface area contributed by atoms with Gasteiger partial charge in [-0.15, -0.1) is 11.3 Å². The van der Waals surface area contributed by atoms with Crippen molar-refractivity contribution in [1.82, 2.24) is 15.2 Å². The van der Waals surface area contributed by atoms with Crippen molar-refractivity contribution >= 4 is 22.4 Å². The van der Waals surface area contributed by atoms with E-state index >= 15 is 0 Å². The molecule has 4 heterocycles. The van der Waals surface area contributed by atoms with Crippen molar-refractivity contribution in [3.8, 4) is 0 Å². The van der Waals surface area contributed by atoms with Crippen LogP contribution in [0.3, 0.4) is 0 Å². The summed E-state index contributed by atoms with van der Waals surface area (Å²) in [5.74, 6) is 1.06. The van der Waals surface area contributed by atoms with Crippen molar-refractivity contribution in [3.05, 3.63) is 34.7 Å². The average Bonchev–Trinajstić information content (AvgIpc) is 3.39. The number of nitrogens with zero attached hydrogens (tertiary/aromatic N) is 3. The number of nitrogens with one attached hydrogen (secondary N) is 1. The smallest absolute Gasteiger partial charge is 0.287 e. The summed E-state index contributed by atoms with van der Waals surface area (Å²) in [5, 5.41) is 5.99. The van der Waals surface area contributed by atoms with Gasteiger partial charge >= 0.3 is 0 Å². The van der Waals surface area contributed by atoms with E-state index in [0.717, 1.165) is 49.3 Å². The molecule has 0 atom stereocenters. The Morgan fingerprint density at radius 3 is 2.72 bits per heavy atom. The van der Waals surface area contributed by atoms with E-state index in [1.54, 1.807) is 17.4 Å². The summed E-state index contributed by atoms with van der Waals surface area (Å²) in [4.78, 5) is 21.6. The molecule has 0 radical (unpaired) electrons. The molecule has 0 aliphatic carbocycles. The van der Waals surface area contributed by atoms with E-state index in [2.05, 4.69) is 20.1 Å². The van der Waals surface area contributed by atoms with Crippen LogP contribution in [0.25, 0.3) is 0 Å². The minimum absolute atomic E-state index is 0.177. The maximum Gasteiger partial charge on any atom is 0.287 e. The number of carbonyl (C=O) groups excluding carboxylic acids is 1. The zero-order chi connectivity index (χ0) is 17.1. The van der Waals surface area contributed by atoms with E-state index < -0.39 is 0 Å². The largest absolute Gasteiger partial charge is 0.455 e. The Balaban J connectivity index is 1.29. The summed E-state index contributed by atoms with van der Waals surface area (Å²) in [6, 6.07) is 3.67. The Hall–Kier alpha value is -1.86. The highest BCUT2D eigenvalue weighted by molar-refractivity contribution is 7.13. The third-order valence-electron chi connectivity index (χ3n) is 4.81. The molecule has 2 saturated heterocycles. The summed E-state index contributed by atoms with van der Waals surface area (Å²) in [5.41, 5.74) is 0.907. The summed E-state index contributed by atoms with van der Waals surface area (Å²) in [6.45, 7) is 5.64. The van der Waals surface area contributed by atoms with Gasteiger partial charge in [-0.25, -0.2) is 4.98 Å². The molecule has 0 unspecified atom stereocenters. The van der Waals surface area contributed by atoms with Crippen molar-refractivity contribution in [2.24, 2.45) is 0 Å². The van der Waals surface area contributed by atoms with Crippen LogP contribution in [0.2, 0.25) is 0 Å². The molecule has 0 bridgehead atoms. The highest BCUT2D eigenvalue weighted by atomic mass is 32.1. The molecule has 6 nitrogen and oxygen atoms in total. The van der Waals surface area contributed by atoms with E-state index in [1.165, 1.54) is 25.7 Å². The van der Waals surface area contributed by atoms with Crippen LogP contribution in [0.4, 0.5) is 5.13 Å². The van der Waals surface area contributed by atoms with Gasteiger partial charge in [0.2, 0.25) is 0 Å². The maximum absolute atomic E-state index is 12.3. The molecule has 2 aromatic rings. The number of carbonyl (C=O) groups is 1. The number of likely N-dealkylation sites (tertiary alicyclic amines) is 1. The van der Waals surface area contributed by atoms with Crippen molar-refractivity contribution in [2.45, 2.75) is 38.8 Å². The average molecular weight is 360 g/mol. The van der Waals surface area contributed by atoms with E-state index in [9.17, 15) is 4.79 Å². The van der Waals surface area contributed by atoms with Gasteiger partial charge in [-0.1, -0.05) is 0 Å². The van der Waals surface area contributed by atoms with Gasteiger partial charge in [-0.05, 0) is 50.9 Å². The Morgan fingerprint density at radius 1 is 1.16 bits per heavy atom. The van der Waals surface area contributed by atoms with E-state index in [1.807, 2.05) is 11.4 Å². The first-order valence-corrected chi connectivity index (χ1v) is 9.94. The molecule has 2 aliphatic heterocycles. The summed E-state index contributed by atoms with van der Waals surface area (Å²) in [7, 11) is 0. The topological polar surface area (TPSA) is 61.6 Å². The number of rotatable bonds is 6. The van der Waals surface area contributed by atoms with E-state index in [-0.39, 0.29) is 5.91 Å². The van der Waals surface area contributed by atoms with Crippen molar-refractivity contribution in [2.75, 3.05) is 31.1 Å². The number of hydrogen-bond acceptors (Lipinski definition) is 6. The lowest BCUT2D eigenvalue weighted by atomic mass is 10.4. The minimum Gasteiger partial charge on any atom is -0.455 e. The van der Waals surface area contributed by atoms with Crippen LogP contribution in [0.5, 0.6) is 0 Å². The maximum atomic E-state index is 12.3. The predicted octanol–water partition coefficient (Wildman–Crippen LogP) is 2.86. The molecule has 2 aliphatic rings. The number of anilines is 1. The van der Waals surface area contributed by atoms with Crippen LogP contribution in [0.1, 0.15) is 47.7 Å². The first-order chi connectivity index (χ1) is 12.3. The lowest BCUT2D eigenvalue weighted by molar-refractivity contribution is 0.0919. The first kappa shape index (κ1) is 16.6. The number of aromatic nitrogens is 1. The third kappa shape index (κ3) is 4.04.